The summed E-state index contributed by atoms with van der Waals surface area (Å²) in [6.45, 7) is 1.81. The van der Waals surface area contributed by atoms with Crippen molar-refractivity contribution >= 4 is 29.3 Å². The van der Waals surface area contributed by atoms with Crippen LogP contribution in [0.4, 0.5) is 0 Å². The minimum atomic E-state index is 0.185. The number of amides is 1. The van der Waals surface area contributed by atoms with Gasteiger partial charge in [-0.15, -0.1) is 5.10 Å². The van der Waals surface area contributed by atoms with Crippen LogP contribution in [0.15, 0.2) is 29.4 Å². The Bertz CT molecular complexity index is 765. The Morgan fingerprint density at radius 3 is 2.73 bits per heavy atom. The maximum atomic E-state index is 12.7. The predicted molar refractivity (Wildman–Crippen MR) is 102 cm³/mol. The topological polar surface area (TPSA) is 63.9 Å². The molecule has 8 heteroatoms. The molecule has 2 aromatic rings. The van der Waals surface area contributed by atoms with Crippen LogP contribution in [0.1, 0.15) is 32.1 Å². The van der Waals surface area contributed by atoms with Crippen molar-refractivity contribution in [3.8, 4) is 5.69 Å². The summed E-state index contributed by atoms with van der Waals surface area (Å²) in [5.41, 5.74) is 0.831. The number of halogens is 1. The molecule has 138 valence electrons. The second-order valence-electron chi connectivity index (χ2n) is 7.07. The standard InChI is InChI=1S/C18H22ClN5OS/c19-15-5-7-16(8-6-15)24-18(20-21-22-24)26-12-17(25)23-10-9-13-3-1-2-4-14(13)11-23/h5-8,13-14H,1-4,9-12H2/t13-,14-/m1/s1. The molecule has 2 atom stereocenters. The van der Waals surface area contributed by atoms with Crippen LogP contribution in [0.2, 0.25) is 5.02 Å². The highest BCUT2D eigenvalue weighted by Crippen LogP contribution is 2.36. The lowest BCUT2D eigenvalue weighted by atomic mass is 9.75. The van der Waals surface area contributed by atoms with Crippen molar-refractivity contribution in [2.45, 2.75) is 37.3 Å². The first-order valence-electron chi connectivity index (χ1n) is 9.15. The summed E-state index contributed by atoms with van der Waals surface area (Å²) in [4.78, 5) is 14.7. The lowest BCUT2D eigenvalue weighted by Gasteiger charge is -2.41. The zero-order chi connectivity index (χ0) is 17.9. The molecule has 1 saturated heterocycles. The maximum Gasteiger partial charge on any atom is 0.233 e. The number of aromatic nitrogens is 4. The summed E-state index contributed by atoms with van der Waals surface area (Å²) in [5.74, 6) is 2.08. The van der Waals surface area contributed by atoms with Gasteiger partial charge in [0.05, 0.1) is 11.4 Å². The van der Waals surface area contributed by atoms with Gasteiger partial charge in [0.1, 0.15) is 0 Å². The van der Waals surface area contributed by atoms with Crippen LogP contribution < -0.4 is 0 Å². The molecule has 4 rings (SSSR count). The number of hydrogen-bond acceptors (Lipinski definition) is 5. The van der Waals surface area contributed by atoms with E-state index in [2.05, 4.69) is 15.5 Å². The monoisotopic (exact) mass is 391 g/mol. The fraction of sp³-hybridized carbons (Fsp3) is 0.556. The quantitative estimate of drug-likeness (QED) is 0.747. The average molecular weight is 392 g/mol. The normalized spacial score (nSPS) is 22.9. The average Bonchev–Trinajstić information content (AvgIpc) is 3.15. The molecular weight excluding hydrogens is 370 g/mol. The van der Waals surface area contributed by atoms with Crippen LogP contribution in [-0.4, -0.2) is 49.9 Å². The summed E-state index contributed by atoms with van der Waals surface area (Å²) in [7, 11) is 0. The lowest BCUT2D eigenvalue weighted by molar-refractivity contribution is -0.131. The lowest BCUT2D eigenvalue weighted by Crippen LogP contribution is -2.45. The second-order valence-corrected chi connectivity index (χ2v) is 8.45. The Morgan fingerprint density at radius 1 is 1.15 bits per heavy atom. The number of fused-ring (bicyclic) bond motifs is 1. The predicted octanol–water partition coefficient (Wildman–Crippen LogP) is 3.45. The van der Waals surface area contributed by atoms with Gasteiger partial charge in [-0.2, -0.15) is 4.68 Å². The van der Waals surface area contributed by atoms with Gasteiger partial charge in [0.15, 0.2) is 0 Å². The molecule has 0 bridgehead atoms. The number of benzene rings is 1. The summed E-state index contributed by atoms with van der Waals surface area (Å²) < 4.78 is 1.64. The zero-order valence-corrected chi connectivity index (χ0v) is 16.1. The molecule has 2 aliphatic rings. The molecule has 1 aromatic heterocycles. The van der Waals surface area contributed by atoms with E-state index in [4.69, 9.17) is 11.6 Å². The summed E-state index contributed by atoms with van der Waals surface area (Å²) in [6.07, 6.45) is 6.45. The van der Waals surface area contributed by atoms with E-state index in [9.17, 15) is 4.79 Å². The molecule has 1 aliphatic carbocycles. The molecule has 1 amide bonds. The van der Waals surface area contributed by atoms with E-state index in [1.165, 1.54) is 37.4 Å². The van der Waals surface area contributed by atoms with Crippen LogP contribution in [0, 0.1) is 11.8 Å². The van der Waals surface area contributed by atoms with E-state index in [-0.39, 0.29) is 5.91 Å². The Balaban J connectivity index is 1.36. The SMILES string of the molecule is O=C(CSc1nnnn1-c1ccc(Cl)cc1)N1CC[C@H]2CCCC[C@@H]2C1. The molecule has 1 aromatic carbocycles. The van der Waals surface area contributed by atoms with Gasteiger partial charge in [-0.25, -0.2) is 0 Å². The number of likely N-dealkylation sites (tertiary alicyclic amines) is 1. The third kappa shape index (κ3) is 3.88. The Morgan fingerprint density at radius 2 is 1.92 bits per heavy atom. The first-order valence-corrected chi connectivity index (χ1v) is 10.5. The van der Waals surface area contributed by atoms with Gasteiger partial charge >= 0.3 is 0 Å². The molecule has 1 aliphatic heterocycles. The van der Waals surface area contributed by atoms with E-state index in [1.54, 1.807) is 16.8 Å². The van der Waals surface area contributed by atoms with Gasteiger partial charge in [-0.05, 0) is 59.4 Å². The van der Waals surface area contributed by atoms with Crippen LogP contribution in [0.25, 0.3) is 5.69 Å². The van der Waals surface area contributed by atoms with Crippen LogP contribution in [0.3, 0.4) is 0 Å². The third-order valence-electron chi connectivity index (χ3n) is 5.48. The molecule has 2 fully saturated rings. The van der Waals surface area contributed by atoms with Gasteiger partial charge in [0.25, 0.3) is 0 Å². The molecule has 2 heterocycles. The molecule has 0 spiro atoms. The Labute approximate surface area is 162 Å². The number of carbonyl (C=O) groups is 1. The van der Waals surface area contributed by atoms with Crippen molar-refractivity contribution in [3.05, 3.63) is 29.3 Å². The fourth-order valence-corrected chi connectivity index (χ4v) is 4.98. The number of piperidine rings is 1. The number of nitrogens with zero attached hydrogens (tertiary/aromatic N) is 5. The largest absolute Gasteiger partial charge is 0.342 e. The molecular formula is C18H22ClN5OS. The van der Waals surface area contributed by atoms with E-state index in [1.807, 2.05) is 17.0 Å². The number of tetrazole rings is 1. The highest BCUT2D eigenvalue weighted by atomic mass is 35.5. The molecule has 0 unspecified atom stereocenters. The van der Waals surface area contributed by atoms with Crippen molar-refractivity contribution < 1.29 is 4.79 Å². The van der Waals surface area contributed by atoms with Gasteiger partial charge in [-0.3, -0.25) is 4.79 Å². The zero-order valence-electron chi connectivity index (χ0n) is 14.6. The van der Waals surface area contributed by atoms with E-state index in [0.717, 1.165) is 31.1 Å². The van der Waals surface area contributed by atoms with Crippen LogP contribution in [0.5, 0.6) is 0 Å². The first kappa shape index (κ1) is 17.8. The number of rotatable bonds is 4. The highest BCUT2D eigenvalue weighted by Gasteiger charge is 2.32. The van der Waals surface area contributed by atoms with E-state index < -0.39 is 0 Å². The number of carbonyl (C=O) groups excluding carboxylic acids is 1. The summed E-state index contributed by atoms with van der Waals surface area (Å²) >= 11 is 7.32. The Kier molecular flexibility index (Phi) is 5.45. The van der Waals surface area contributed by atoms with Gasteiger partial charge in [0.2, 0.25) is 11.1 Å². The molecule has 1 saturated carbocycles. The highest BCUT2D eigenvalue weighted by molar-refractivity contribution is 7.99. The fourth-order valence-electron chi connectivity index (χ4n) is 4.06. The molecule has 6 nitrogen and oxygen atoms in total. The molecule has 26 heavy (non-hydrogen) atoms. The summed E-state index contributed by atoms with van der Waals surface area (Å²) in [6, 6.07) is 7.32. The van der Waals surface area contributed by atoms with Crippen LogP contribution >= 0.6 is 23.4 Å². The second kappa shape index (κ2) is 7.96. The molecule has 0 radical (unpaired) electrons. The number of thioether (sulfide) groups is 1. The summed E-state index contributed by atoms with van der Waals surface area (Å²) in [5, 5.41) is 13.1. The van der Waals surface area contributed by atoms with Crippen molar-refractivity contribution in [2.24, 2.45) is 11.8 Å². The van der Waals surface area contributed by atoms with Crippen molar-refractivity contribution in [2.75, 3.05) is 18.8 Å². The minimum absolute atomic E-state index is 0.185. The smallest absolute Gasteiger partial charge is 0.233 e. The molecule has 0 N–H and O–H groups in total. The van der Waals surface area contributed by atoms with Crippen molar-refractivity contribution in [1.29, 1.82) is 0 Å². The third-order valence-corrected chi connectivity index (χ3v) is 6.64. The van der Waals surface area contributed by atoms with Gasteiger partial charge in [0, 0.05) is 18.1 Å². The van der Waals surface area contributed by atoms with Gasteiger partial charge < -0.3 is 4.90 Å². The van der Waals surface area contributed by atoms with E-state index in [0.29, 0.717) is 21.8 Å². The van der Waals surface area contributed by atoms with Crippen molar-refractivity contribution in [1.82, 2.24) is 25.1 Å². The Hall–Kier alpha value is -1.60. The maximum absolute atomic E-state index is 12.7. The van der Waals surface area contributed by atoms with Crippen LogP contribution in [-0.2, 0) is 4.79 Å². The first-order chi connectivity index (χ1) is 12.7. The van der Waals surface area contributed by atoms with Crippen molar-refractivity contribution in [3.63, 3.8) is 0 Å². The van der Waals surface area contributed by atoms with E-state index >= 15 is 0 Å². The van der Waals surface area contributed by atoms with Gasteiger partial charge in [-0.1, -0.05) is 42.6 Å². The minimum Gasteiger partial charge on any atom is -0.342 e. The number of hydrogen-bond donors (Lipinski definition) is 0.